The average molecular weight is 288 g/mol. The zero-order valence-electron chi connectivity index (χ0n) is 10.9. The number of nitrogens with one attached hydrogen (secondary N) is 1. The van der Waals surface area contributed by atoms with Gasteiger partial charge < -0.3 is 14.8 Å². The van der Waals surface area contributed by atoms with Crippen LogP contribution in [0.2, 0.25) is 5.02 Å². The molecule has 0 radical (unpaired) electrons. The molecule has 1 atom stereocenters. The van der Waals surface area contributed by atoms with Crippen molar-refractivity contribution in [3.05, 3.63) is 34.6 Å². The normalized spacial score (nSPS) is 12.7. The fourth-order valence-electron chi connectivity index (χ4n) is 1.37. The van der Waals surface area contributed by atoms with Crippen molar-refractivity contribution in [1.82, 2.24) is 5.32 Å². The molecule has 0 saturated heterocycles. The number of hydrogen-bond donors (Lipinski definition) is 1. The zero-order chi connectivity index (χ0) is 14.6. The van der Waals surface area contributed by atoms with E-state index in [2.05, 4.69) is 5.32 Å². The number of aldehydes is 1. The van der Waals surface area contributed by atoms with Gasteiger partial charge in [-0.2, -0.15) is 0 Å². The molecule has 0 bridgehead atoms. The summed E-state index contributed by atoms with van der Waals surface area (Å²) in [5, 5.41) is 2.52. The quantitative estimate of drug-likeness (QED) is 0.868. The van der Waals surface area contributed by atoms with Gasteiger partial charge >= 0.3 is 6.09 Å². The Hall–Kier alpha value is -1.62. The van der Waals surface area contributed by atoms with E-state index in [9.17, 15) is 14.0 Å². The molecule has 1 N–H and O–H groups in total. The summed E-state index contributed by atoms with van der Waals surface area (Å²) in [6, 6.07) is 2.53. The third-order valence-corrected chi connectivity index (χ3v) is 2.45. The van der Waals surface area contributed by atoms with Gasteiger partial charge in [-0.1, -0.05) is 11.6 Å². The zero-order valence-corrected chi connectivity index (χ0v) is 11.6. The average Bonchev–Trinajstić information content (AvgIpc) is 2.27. The monoisotopic (exact) mass is 287 g/mol. The van der Waals surface area contributed by atoms with E-state index in [0.717, 1.165) is 6.07 Å². The summed E-state index contributed by atoms with van der Waals surface area (Å²) < 4.78 is 18.1. The minimum atomic E-state index is -1.06. The lowest BCUT2D eigenvalue weighted by molar-refractivity contribution is -0.109. The van der Waals surface area contributed by atoms with Gasteiger partial charge in [0.2, 0.25) is 0 Å². The number of carbonyl (C=O) groups excluding carboxylic acids is 2. The first-order valence-electron chi connectivity index (χ1n) is 5.62. The summed E-state index contributed by atoms with van der Waals surface area (Å²) in [6.07, 6.45) is -0.310. The summed E-state index contributed by atoms with van der Waals surface area (Å²) >= 11 is 5.87. The molecule has 1 amide bonds. The number of halogens is 2. The molecule has 0 fully saturated rings. The standard InChI is InChI=1S/C13H15ClFNO3/c1-13(2,3)19-12(18)16-11(7-17)9-6-8(15)4-5-10(9)14/h4-7,11H,1-3H3,(H,16,18). The van der Waals surface area contributed by atoms with Crippen LogP contribution in [0.4, 0.5) is 9.18 Å². The number of amides is 1. The summed E-state index contributed by atoms with van der Waals surface area (Å²) in [7, 11) is 0. The highest BCUT2D eigenvalue weighted by atomic mass is 35.5. The van der Waals surface area contributed by atoms with E-state index in [4.69, 9.17) is 16.3 Å². The molecule has 0 saturated carbocycles. The maximum Gasteiger partial charge on any atom is 0.408 e. The molecule has 4 nitrogen and oxygen atoms in total. The minimum Gasteiger partial charge on any atom is -0.444 e. The lowest BCUT2D eigenvalue weighted by Crippen LogP contribution is -2.35. The van der Waals surface area contributed by atoms with E-state index >= 15 is 0 Å². The van der Waals surface area contributed by atoms with E-state index in [1.165, 1.54) is 12.1 Å². The second-order valence-corrected chi connectivity index (χ2v) is 5.33. The maximum atomic E-state index is 13.1. The Labute approximate surface area is 115 Å². The summed E-state index contributed by atoms with van der Waals surface area (Å²) in [5.74, 6) is -0.544. The molecule has 19 heavy (non-hydrogen) atoms. The van der Waals surface area contributed by atoms with Gasteiger partial charge in [-0.05, 0) is 39.0 Å². The van der Waals surface area contributed by atoms with Gasteiger partial charge in [0.05, 0.1) is 0 Å². The van der Waals surface area contributed by atoms with Gasteiger partial charge in [-0.25, -0.2) is 9.18 Å². The number of carbonyl (C=O) groups is 2. The molecular weight excluding hydrogens is 273 g/mol. The van der Waals surface area contributed by atoms with Crippen LogP contribution in [-0.4, -0.2) is 18.0 Å². The molecule has 1 aromatic rings. The molecule has 1 rings (SSSR count). The molecule has 0 aliphatic rings. The third kappa shape index (κ3) is 4.87. The fraction of sp³-hybridized carbons (Fsp3) is 0.385. The molecule has 0 aliphatic carbocycles. The van der Waals surface area contributed by atoms with Crippen LogP contribution in [0, 0.1) is 5.82 Å². The molecule has 6 heteroatoms. The number of rotatable bonds is 3. The molecule has 0 spiro atoms. The summed E-state index contributed by atoms with van der Waals surface area (Å²) in [5.41, 5.74) is -0.508. The van der Waals surface area contributed by atoms with E-state index in [1.807, 2.05) is 0 Å². The van der Waals surface area contributed by atoms with Gasteiger partial charge in [-0.15, -0.1) is 0 Å². The molecule has 1 unspecified atom stereocenters. The van der Waals surface area contributed by atoms with Crippen LogP contribution in [0.15, 0.2) is 18.2 Å². The number of hydrogen-bond acceptors (Lipinski definition) is 3. The topological polar surface area (TPSA) is 55.4 Å². The largest absolute Gasteiger partial charge is 0.444 e. The molecule has 0 heterocycles. The van der Waals surface area contributed by atoms with Crippen molar-refractivity contribution in [2.75, 3.05) is 0 Å². The van der Waals surface area contributed by atoms with Crippen molar-refractivity contribution in [2.45, 2.75) is 32.4 Å². The Kier molecular flexibility index (Phi) is 4.89. The first kappa shape index (κ1) is 15.4. The van der Waals surface area contributed by atoms with Gasteiger partial charge in [0, 0.05) is 10.6 Å². The molecule has 0 aromatic heterocycles. The Balaban J connectivity index is 2.87. The van der Waals surface area contributed by atoms with Crippen LogP contribution in [0.5, 0.6) is 0 Å². The van der Waals surface area contributed by atoms with Crippen LogP contribution in [0.25, 0.3) is 0 Å². The van der Waals surface area contributed by atoms with Crippen molar-refractivity contribution < 1.29 is 18.7 Å². The minimum absolute atomic E-state index is 0.183. The third-order valence-electron chi connectivity index (χ3n) is 2.10. The Morgan fingerprint density at radius 1 is 1.47 bits per heavy atom. The maximum absolute atomic E-state index is 13.1. The van der Waals surface area contributed by atoms with Crippen molar-refractivity contribution >= 4 is 24.0 Å². The first-order valence-corrected chi connectivity index (χ1v) is 6.00. The fourth-order valence-corrected chi connectivity index (χ4v) is 1.61. The Morgan fingerprint density at radius 2 is 2.11 bits per heavy atom. The van der Waals surface area contributed by atoms with E-state index < -0.39 is 23.6 Å². The number of alkyl carbamates (subject to hydrolysis) is 1. The van der Waals surface area contributed by atoms with Crippen molar-refractivity contribution in [3.8, 4) is 0 Å². The van der Waals surface area contributed by atoms with Gasteiger partial charge in [0.25, 0.3) is 0 Å². The van der Waals surface area contributed by atoms with Crippen LogP contribution in [0.3, 0.4) is 0 Å². The predicted octanol–water partition coefficient (Wildman–Crippen LogP) is 3.24. The van der Waals surface area contributed by atoms with Crippen molar-refractivity contribution in [2.24, 2.45) is 0 Å². The highest BCUT2D eigenvalue weighted by Crippen LogP contribution is 2.23. The number of ether oxygens (including phenoxy) is 1. The van der Waals surface area contributed by atoms with Crippen molar-refractivity contribution in [3.63, 3.8) is 0 Å². The second-order valence-electron chi connectivity index (χ2n) is 4.93. The molecule has 1 aromatic carbocycles. The lowest BCUT2D eigenvalue weighted by atomic mass is 10.1. The van der Waals surface area contributed by atoms with Crippen LogP contribution in [0.1, 0.15) is 32.4 Å². The molecular formula is C13H15ClFNO3. The molecule has 104 valence electrons. The summed E-state index contributed by atoms with van der Waals surface area (Å²) in [4.78, 5) is 22.6. The van der Waals surface area contributed by atoms with Crippen molar-refractivity contribution in [1.29, 1.82) is 0 Å². The Bertz CT molecular complexity index is 485. The second kappa shape index (κ2) is 6.02. The number of benzene rings is 1. The SMILES string of the molecule is CC(C)(C)OC(=O)NC(C=O)c1cc(F)ccc1Cl. The highest BCUT2D eigenvalue weighted by molar-refractivity contribution is 6.31. The first-order chi connectivity index (χ1) is 8.73. The predicted molar refractivity (Wildman–Crippen MR) is 69.6 cm³/mol. The van der Waals surface area contributed by atoms with Gasteiger partial charge in [0.1, 0.15) is 23.7 Å². The van der Waals surface area contributed by atoms with E-state index in [-0.39, 0.29) is 10.6 Å². The van der Waals surface area contributed by atoms with E-state index in [0.29, 0.717) is 6.29 Å². The van der Waals surface area contributed by atoms with Crippen LogP contribution in [-0.2, 0) is 9.53 Å². The van der Waals surface area contributed by atoms with Gasteiger partial charge in [-0.3, -0.25) is 0 Å². The lowest BCUT2D eigenvalue weighted by Gasteiger charge is -2.22. The van der Waals surface area contributed by atoms with E-state index in [1.54, 1.807) is 20.8 Å². The van der Waals surface area contributed by atoms with Crippen LogP contribution >= 0.6 is 11.6 Å². The highest BCUT2D eigenvalue weighted by Gasteiger charge is 2.21. The summed E-state index contributed by atoms with van der Waals surface area (Å²) in [6.45, 7) is 5.08. The van der Waals surface area contributed by atoms with Gasteiger partial charge in [0.15, 0.2) is 0 Å². The molecule has 0 aliphatic heterocycles. The van der Waals surface area contributed by atoms with Crippen LogP contribution < -0.4 is 5.32 Å². The Morgan fingerprint density at radius 3 is 2.63 bits per heavy atom. The smallest absolute Gasteiger partial charge is 0.408 e.